The Morgan fingerprint density at radius 2 is 2.00 bits per heavy atom. The van der Waals surface area contributed by atoms with Crippen molar-refractivity contribution in [2.75, 3.05) is 32.4 Å². The number of piperazine rings is 1. The van der Waals surface area contributed by atoms with Crippen LogP contribution in [0.5, 0.6) is 0 Å². The van der Waals surface area contributed by atoms with Crippen LogP contribution in [0.4, 0.5) is 13.6 Å². The Kier molecular flexibility index (Phi) is 4.96. The summed E-state index contributed by atoms with van der Waals surface area (Å²) in [5.74, 6) is 0.0538. The van der Waals surface area contributed by atoms with Crippen LogP contribution >= 0.6 is 0 Å². The van der Waals surface area contributed by atoms with Crippen molar-refractivity contribution in [2.45, 2.75) is 13.1 Å². The van der Waals surface area contributed by atoms with Gasteiger partial charge in [0.15, 0.2) is 0 Å². The van der Waals surface area contributed by atoms with Gasteiger partial charge in [-0.3, -0.25) is 4.57 Å². The summed E-state index contributed by atoms with van der Waals surface area (Å²) in [7, 11) is -3.26. The quantitative estimate of drug-likeness (QED) is 0.842. The molecule has 11 heteroatoms. The molecule has 1 fully saturated rings. The van der Waals surface area contributed by atoms with Crippen molar-refractivity contribution < 1.29 is 22.0 Å². The first-order chi connectivity index (χ1) is 10.3. The lowest BCUT2D eigenvalue weighted by Gasteiger charge is -2.33. The fourth-order valence-corrected chi connectivity index (χ4v) is 2.97. The smallest absolute Gasteiger partial charge is 0.319 e. The molecule has 0 bridgehead atoms. The summed E-state index contributed by atoms with van der Waals surface area (Å²) in [6.45, 7) is -1.89. The van der Waals surface area contributed by atoms with Gasteiger partial charge in [0, 0.05) is 38.6 Å². The Balaban J connectivity index is 1.85. The average molecular weight is 337 g/mol. The summed E-state index contributed by atoms with van der Waals surface area (Å²) in [6.07, 6.45) is 3.49. The molecule has 8 nitrogen and oxygen atoms in total. The maximum Gasteiger partial charge on any atom is 0.319 e. The molecule has 1 aliphatic heterocycles. The predicted molar refractivity (Wildman–Crippen MR) is 73.7 cm³/mol. The average Bonchev–Trinajstić information content (AvgIpc) is 2.92. The molecule has 1 aromatic heterocycles. The number of carbonyl (C=O) groups is 1. The first kappa shape index (κ1) is 16.6. The third kappa shape index (κ3) is 3.91. The van der Waals surface area contributed by atoms with E-state index in [0.29, 0.717) is 4.57 Å². The fourth-order valence-electron chi connectivity index (χ4n) is 2.15. The normalized spacial score (nSPS) is 17.0. The maximum atomic E-state index is 12.6. The highest BCUT2D eigenvalue weighted by Crippen LogP contribution is 2.12. The van der Waals surface area contributed by atoms with Crippen LogP contribution in [0.3, 0.4) is 0 Å². The van der Waals surface area contributed by atoms with Crippen LogP contribution in [0.25, 0.3) is 0 Å². The molecular formula is C11H17F2N5O3S. The van der Waals surface area contributed by atoms with E-state index < -0.39 is 22.6 Å². The molecule has 2 rings (SSSR count). The van der Waals surface area contributed by atoms with Crippen molar-refractivity contribution >= 4 is 16.1 Å². The first-order valence-corrected chi connectivity index (χ1v) is 8.41. The largest absolute Gasteiger partial charge is 0.331 e. The van der Waals surface area contributed by atoms with Crippen LogP contribution in [0, 0.1) is 0 Å². The van der Waals surface area contributed by atoms with Crippen molar-refractivity contribution in [2.24, 2.45) is 0 Å². The van der Waals surface area contributed by atoms with E-state index in [-0.39, 0.29) is 38.5 Å². The number of aromatic nitrogens is 2. The molecule has 0 unspecified atom stereocenters. The Labute approximate surface area is 126 Å². The Hall–Kier alpha value is -1.75. The van der Waals surface area contributed by atoms with Gasteiger partial charge in [-0.05, 0) is 0 Å². The molecule has 2 amide bonds. The highest BCUT2D eigenvalue weighted by molar-refractivity contribution is 7.88. The number of sulfonamides is 1. The zero-order valence-electron chi connectivity index (χ0n) is 11.9. The molecule has 0 atom stereocenters. The van der Waals surface area contributed by atoms with Gasteiger partial charge in [-0.2, -0.15) is 13.1 Å². The molecule has 124 valence electrons. The molecule has 0 aromatic carbocycles. The van der Waals surface area contributed by atoms with E-state index in [1.54, 1.807) is 0 Å². The molecule has 0 aliphatic carbocycles. The van der Waals surface area contributed by atoms with E-state index in [1.807, 2.05) is 0 Å². The number of alkyl halides is 2. The number of halogens is 2. The van der Waals surface area contributed by atoms with E-state index >= 15 is 0 Å². The van der Waals surface area contributed by atoms with Crippen LogP contribution in [0.15, 0.2) is 12.4 Å². The second-order valence-corrected chi connectivity index (χ2v) is 6.82. The number of rotatable bonds is 4. The first-order valence-electron chi connectivity index (χ1n) is 6.57. The van der Waals surface area contributed by atoms with Crippen molar-refractivity contribution in [1.29, 1.82) is 0 Å². The van der Waals surface area contributed by atoms with Crippen molar-refractivity contribution in [1.82, 2.24) is 24.1 Å². The van der Waals surface area contributed by atoms with E-state index in [9.17, 15) is 22.0 Å². The summed E-state index contributed by atoms with van der Waals surface area (Å²) in [5.41, 5.74) is 0. The van der Waals surface area contributed by atoms with Crippen LogP contribution < -0.4 is 5.32 Å². The molecule has 1 N–H and O–H groups in total. The molecule has 1 saturated heterocycles. The number of hydrogen-bond donors (Lipinski definition) is 1. The molecule has 22 heavy (non-hydrogen) atoms. The Morgan fingerprint density at radius 3 is 2.55 bits per heavy atom. The number of hydrogen-bond acceptors (Lipinski definition) is 4. The van der Waals surface area contributed by atoms with Crippen LogP contribution in [0.1, 0.15) is 12.4 Å². The lowest BCUT2D eigenvalue weighted by atomic mass is 10.4. The molecule has 2 heterocycles. The highest BCUT2D eigenvalue weighted by atomic mass is 32.2. The van der Waals surface area contributed by atoms with Crippen molar-refractivity contribution in [3.63, 3.8) is 0 Å². The molecular weight excluding hydrogens is 320 g/mol. The van der Waals surface area contributed by atoms with E-state index in [4.69, 9.17) is 0 Å². The third-order valence-electron chi connectivity index (χ3n) is 3.35. The topological polar surface area (TPSA) is 87.5 Å². The van der Waals surface area contributed by atoms with Crippen molar-refractivity contribution in [3.8, 4) is 0 Å². The van der Waals surface area contributed by atoms with Gasteiger partial charge in [0.2, 0.25) is 10.0 Å². The minimum Gasteiger partial charge on any atom is -0.331 e. The fraction of sp³-hybridized carbons (Fsp3) is 0.636. The number of carbonyl (C=O) groups excluding carboxylic acids is 1. The van der Waals surface area contributed by atoms with Crippen LogP contribution in [0.2, 0.25) is 0 Å². The number of urea groups is 1. The molecule has 1 aliphatic rings. The van der Waals surface area contributed by atoms with E-state index in [0.717, 1.165) is 12.5 Å². The number of nitrogens with zero attached hydrogens (tertiary/aromatic N) is 4. The van der Waals surface area contributed by atoms with Gasteiger partial charge < -0.3 is 10.2 Å². The van der Waals surface area contributed by atoms with Gasteiger partial charge in [-0.25, -0.2) is 18.2 Å². The molecule has 0 spiro atoms. The van der Waals surface area contributed by atoms with Crippen LogP contribution in [-0.2, 0) is 16.6 Å². The standard InChI is InChI=1S/C11H17F2N5O3S/c1-22(20,21)17-6-4-16(5-7-17)11(19)15-8-9-14-2-3-18(9)10(12)13/h2-3,10H,4-8H2,1H3,(H,15,19). The number of nitrogens with one attached hydrogen (secondary N) is 1. The highest BCUT2D eigenvalue weighted by Gasteiger charge is 2.26. The summed E-state index contributed by atoms with van der Waals surface area (Å²) in [5, 5.41) is 2.51. The molecule has 0 saturated carbocycles. The number of amides is 2. The maximum absolute atomic E-state index is 12.6. The predicted octanol–water partition coefficient (Wildman–Crippen LogP) is 0.0650. The summed E-state index contributed by atoms with van der Waals surface area (Å²) in [6, 6.07) is -0.433. The van der Waals surface area contributed by atoms with Crippen LogP contribution in [-0.4, -0.2) is 65.6 Å². The minimum absolute atomic E-state index is 0.0538. The van der Waals surface area contributed by atoms with Crippen molar-refractivity contribution in [3.05, 3.63) is 18.2 Å². The zero-order valence-corrected chi connectivity index (χ0v) is 12.8. The van der Waals surface area contributed by atoms with Gasteiger partial charge in [-0.1, -0.05) is 0 Å². The Morgan fingerprint density at radius 1 is 1.36 bits per heavy atom. The zero-order chi connectivity index (χ0) is 16.3. The number of imidazole rings is 1. The summed E-state index contributed by atoms with van der Waals surface area (Å²) in [4.78, 5) is 17.2. The lowest BCUT2D eigenvalue weighted by Crippen LogP contribution is -2.52. The van der Waals surface area contributed by atoms with Gasteiger partial charge in [-0.15, -0.1) is 0 Å². The second-order valence-electron chi connectivity index (χ2n) is 4.84. The summed E-state index contributed by atoms with van der Waals surface area (Å²) >= 11 is 0. The summed E-state index contributed by atoms with van der Waals surface area (Å²) < 4.78 is 50.0. The molecule has 1 aromatic rings. The van der Waals surface area contributed by atoms with Gasteiger partial charge in [0.1, 0.15) is 5.82 Å². The monoisotopic (exact) mass is 337 g/mol. The lowest BCUT2D eigenvalue weighted by molar-refractivity contribution is 0.0665. The molecule has 0 radical (unpaired) electrons. The van der Waals surface area contributed by atoms with E-state index in [2.05, 4.69) is 10.3 Å². The Bertz CT molecular complexity index is 625. The minimum atomic E-state index is -3.26. The third-order valence-corrected chi connectivity index (χ3v) is 4.65. The van der Waals surface area contributed by atoms with Gasteiger partial charge >= 0.3 is 12.6 Å². The second kappa shape index (κ2) is 6.57. The van der Waals surface area contributed by atoms with Gasteiger partial charge in [0.25, 0.3) is 0 Å². The SMILES string of the molecule is CS(=O)(=O)N1CCN(C(=O)NCc2nccn2C(F)F)CC1. The van der Waals surface area contributed by atoms with E-state index in [1.165, 1.54) is 15.4 Å². The van der Waals surface area contributed by atoms with Gasteiger partial charge in [0.05, 0.1) is 12.8 Å².